The third-order valence-electron chi connectivity index (χ3n) is 4.87. The number of pyridine rings is 1. The molecule has 4 rings (SSSR count). The Morgan fingerprint density at radius 1 is 1.26 bits per heavy atom. The van der Waals surface area contributed by atoms with Crippen LogP contribution in [-0.4, -0.2) is 41.1 Å². The summed E-state index contributed by atoms with van der Waals surface area (Å²) in [6.45, 7) is 2.88. The fourth-order valence-corrected chi connectivity index (χ4v) is 4.11. The first kappa shape index (κ1) is 21.3. The molecule has 8 nitrogen and oxygen atoms in total. The number of nitrogens with one attached hydrogen (secondary N) is 1. The molecule has 9 heteroatoms. The lowest BCUT2D eigenvalue weighted by atomic mass is 10.3. The first-order valence-electron chi connectivity index (χ1n) is 10.2. The van der Waals surface area contributed by atoms with Crippen molar-refractivity contribution < 1.29 is 13.9 Å². The number of anilines is 1. The van der Waals surface area contributed by atoms with E-state index < -0.39 is 0 Å². The quantitative estimate of drug-likeness (QED) is 0.400. The van der Waals surface area contributed by atoms with Crippen LogP contribution >= 0.6 is 11.8 Å². The summed E-state index contributed by atoms with van der Waals surface area (Å²) in [5.41, 5.74) is 1.79. The number of furan rings is 1. The highest BCUT2D eigenvalue weighted by Gasteiger charge is 2.17. The molecule has 0 bridgehead atoms. The van der Waals surface area contributed by atoms with Crippen LogP contribution in [0.4, 0.5) is 5.82 Å². The minimum absolute atomic E-state index is 0.255. The van der Waals surface area contributed by atoms with E-state index in [1.54, 1.807) is 25.6 Å². The molecule has 0 atom stereocenters. The molecular weight excluding hydrogens is 414 g/mol. The molecule has 162 valence electrons. The summed E-state index contributed by atoms with van der Waals surface area (Å²) in [6, 6.07) is 9.24. The summed E-state index contributed by atoms with van der Waals surface area (Å²) >= 11 is 1.48. The van der Waals surface area contributed by atoms with Crippen molar-refractivity contribution in [1.29, 1.82) is 0 Å². The zero-order valence-electron chi connectivity index (χ0n) is 17.4. The lowest BCUT2D eigenvalue weighted by molar-refractivity contribution is 0.0921. The second-order valence-electron chi connectivity index (χ2n) is 7.23. The van der Waals surface area contributed by atoms with Crippen molar-refractivity contribution in [3.8, 4) is 0 Å². The fraction of sp³-hybridized carbons (Fsp3) is 0.364. The van der Waals surface area contributed by atoms with E-state index >= 15 is 0 Å². The molecule has 1 saturated heterocycles. The topological polar surface area (TPSA) is 93.4 Å². The van der Waals surface area contributed by atoms with Gasteiger partial charge in [-0.15, -0.1) is 0 Å². The van der Waals surface area contributed by atoms with Gasteiger partial charge in [-0.1, -0.05) is 17.8 Å². The minimum Gasteiger partial charge on any atom is -0.455 e. The van der Waals surface area contributed by atoms with Gasteiger partial charge in [0, 0.05) is 45.2 Å². The van der Waals surface area contributed by atoms with Crippen molar-refractivity contribution in [2.24, 2.45) is 0 Å². The summed E-state index contributed by atoms with van der Waals surface area (Å²) < 4.78 is 11.0. The van der Waals surface area contributed by atoms with Crippen molar-refractivity contribution in [3.63, 3.8) is 0 Å². The number of rotatable bonds is 9. The number of thioether (sulfide) groups is 1. The van der Waals surface area contributed by atoms with Gasteiger partial charge in [-0.3, -0.25) is 9.78 Å². The molecule has 3 aromatic rings. The normalized spacial score (nSPS) is 13.5. The van der Waals surface area contributed by atoms with Gasteiger partial charge in [0.05, 0.1) is 18.1 Å². The highest BCUT2D eigenvalue weighted by molar-refractivity contribution is 7.98. The van der Waals surface area contributed by atoms with Gasteiger partial charge >= 0.3 is 0 Å². The highest BCUT2D eigenvalue weighted by atomic mass is 32.2. The molecular formula is C22H25N5O3S. The Hall–Kier alpha value is -2.91. The van der Waals surface area contributed by atoms with Crippen LogP contribution in [0.5, 0.6) is 0 Å². The molecule has 0 spiro atoms. The van der Waals surface area contributed by atoms with E-state index in [0.29, 0.717) is 29.8 Å². The minimum atomic E-state index is -0.255. The summed E-state index contributed by atoms with van der Waals surface area (Å²) in [5, 5.41) is 3.52. The maximum Gasteiger partial charge on any atom is 0.287 e. The van der Waals surface area contributed by atoms with Crippen molar-refractivity contribution in [1.82, 2.24) is 20.3 Å². The van der Waals surface area contributed by atoms with Crippen LogP contribution < -0.4 is 10.2 Å². The molecule has 3 aromatic heterocycles. The first-order chi connectivity index (χ1) is 15.2. The Balaban J connectivity index is 1.37. The van der Waals surface area contributed by atoms with Gasteiger partial charge < -0.3 is 19.4 Å². The summed E-state index contributed by atoms with van der Waals surface area (Å²) in [7, 11) is 1.66. The Labute approximate surface area is 185 Å². The van der Waals surface area contributed by atoms with Gasteiger partial charge in [-0.05, 0) is 36.6 Å². The van der Waals surface area contributed by atoms with Gasteiger partial charge in [-0.2, -0.15) is 0 Å². The standard InChI is InChI=1S/C22H25N5O3S/c1-29-14-17-11-20(27-9-2-3-10-27)26-22(25-17)31-15-18-6-7-19(30-18)21(28)24-13-16-5-4-8-23-12-16/h4-8,11-12H,2-3,9-10,13-15H2,1H3,(H,24,28). The van der Waals surface area contributed by atoms with Crippen LogP contribution in [0.3, 0.4) is 0 Å². The number of hydrogen-bond acceptors (Lipinski definition) is 8. The number of aromatic nitrogens is 3. The van der Waals surface area contributed by atoms with E-state index in [9.17, 15) is 4.79 Å². The van der Waals surface area contributed by atoms with Crippen molar-refractivity contribution in [2.45, 2.75) is 36.9 Å². The molecule has 1 aliphatic rings. The van der Waals surface area contributed by atoms with E-state index in [1.807, 2.05) is 24.3 Å². The lowest BCUT2D eigenvalue weighted by Gasteiger charge is -2.17. The van der Waals surface area contributed by atoms with Crippen molar-refractivity contribution >= 4 is 23.5 Å². The molecule has 1 amide bonds. The van der Waals surface area contributed by atoms with Gasteiger partial charge in [0.1, 0.15) is 11.6 Å². The predicted octanol–water partition coefficient (Wildman–Crippen LogP) is 3.43. The molecule has 1 N–H and O–H groups in total. The van der Waals surface area contributed by atoms with Crippen molar-refractivity contribution in [3.05, 3.63) is 65.5 Å². The molecule has 1 aliphatic heterocycles. The van der Waals surface area contributed by atoms with E-state index in [-0.39, 0.29) is 11.7 Å². The number of carbonyl (C=O) groups is 1. The second-order valence-corrected chi connectivity index (χ2v) is 8.17. The third-order valence-corrected chi connectivity index (χ3v) is 5.74. The molecule has 0 aromatic carbocycles. The zero-order valence-corrected chi connectivity index (χ0v) is 18.2. The Kier molecular flexibility index (Phi) is 7.16. The number of nitrogens with zero attached hydrogens (tertiary/aromatic N) is 4. The smallest absolute Gasteiger partial charge is 0.287 e. The number of hydrogen-bond donors (Lipinski definition) is 1. The first-order valence-corrected chi connectivity index (χ1v) is 11.2. The van der Waals surface area contributed by atoms with E-state index in [2.05, 4.69) is 20.2 Å². The average Bonchev–Trinajstić information content (AvgIpc) is 3.49. The summed E-state index contributed by atoms with van der Waals surface area (Å²) in [5.74, 6) is 2.20. The van der Waals surface area contributed by atoms with E-state index in [4.69, 9.17) is 14.1 Å². The lowest BCUT2D eigenvalue weighted by Crippen LogP contribution is -2.22. The summed E-state index contributed by atoms with van der Waals surface area (Å²) in [4.78, 5) is 28.0. The Bertz CT molecular complexity index is 1010. The molecule has 0 saturated carbocycles. The highest BCUT2D eigenvalue weighted by Crippen LogP contribution is 2.26. The van der Waals surface area contributed by atoms with Crippen LogP contribution in [0.1, 0.15) is 40.4 Å². The number of ether oxygens (including phenoxy) is 1. The number of methoxy groups -OCH3 is 1. The maximum absolute atomic E-state index is 12.3. The molecule has 4 heterocycles. The monoisotopic (exact) mass is 439 g/mol. The van der Waals surface area contributed by atoms with E-state index in [1.165, 1.54) is 24.6 Å². The predicted molar refractivity (Wildman–Crippen MR) is 118 cm³/mol. The van der Waals surface area contributed by atoms with Crippen LogP contribution in [0.15, 0.2) is 52.3 Å². The van der Waals surface area contributed by atoms with Crippen LogP contribution in [0.25, 0.3) is 0 Å². The van der Waals surface area contributed by atoms with Crippen molar-refractivity contribution in [2.75, 3.05) is 25.1 Å². The number of carbonyl (C=O) groups excluding carboxylic acids is 1. The molecule has 0 unspecified atom stereocenters. The summed E-state index contributed by atoms with van der Waals surface area (Å²) in [6.07, 6.45) is 5.79. The van der Waals surface area contributed by atoms with Crippen LogP contribution in [0.2, 0.25) is 0 Å². The van der Waals surface area contributed by atoms with E-state index in [0.717, 1.165) is 30.2 Å². The van der Waals surface area contributed by atoms with Gasteiger partial charge in [0.15, 0.2) is 10.9 Å². The number of amides is 1. The van der Waals surface area contributed by atoms with Gasteiger partial charge in [-0.25, -0.2) is 9.97 Å². The maximum atomic E-state index is 12.3. The largest absolute Gasteiger partial charge is 0.455 e. The zero-order chi connectivity index (χ0) is 21.5. The Morgan fingerprint density at radius 2 is 2.13 bits per heavy atom. The van der Waals surface area contributed by atoms with Crippen LogP contribution in [0, 0.1) is 0 Å². The molecule has 0 aliphatic carbocycles. The Morgan fingerprint density at radius 3 is 2.90 bits per heavy atom. The van der Waals surface area contributed by atoms with Gasteiger partial charge in [0.2, 0.25) is 0 Å². The second kappa shape index (κ2) is 10.4. The SMILES string of the molecule is COCc1cc(N2CCCC2)nc(SCc2ccc(C(=O)NCc3cccnc3)o2)n1. The van der Waals surface area contributed by atoms with Gasteiger partial charge in [0.25, 0.3) is 5.91 Å². The molecule has 1 fully saturated rings. The fourth-order valence-electron chi connectivity index (χ4n) is 3.34. The average molecular weight is 440 g/mol. The van der Waals surface area contributed by atoms with Crippen LogP contribution in [-0.2, 0) is 23.6 Å². The molecule has 0 radical (unpaired) electrons. The molecule has 31 heavy (non-hydrogen) atoms. The third kappa shape index (κ3) is 5.83.